The number of nitrogens with two attached hydrogens (primary N) is 1. The Morgan fingerprint density at radius 2 is 2.14 bits per heavy atom. The number of nitrogen functional groups attached to an aromatic ring is 1. The standard InChI is InChI=1S/C11H18N6O2S2/c1-7-8(6-14-17(7)4)5-13-11-9(10(12)15-20-11)21(18,19)16(2)3/h6,13H,5H2,1-4H3,(H2,12,15). The van der Waals surface area contributed by atoms with Gasteiger partial charge in [-0.3, -0.25) is 4.68 Å². The number of hydrogen-bond acceptors (Lipinski definition) is 7. The van der Waals surface area contributed by atoms with Crippen LogP contribution in [-0.2, 0) is 23.6 Å². The summed E-state index contributed by atoms with van der Waals surface area (Å²) in [6, 6.07) is 0. The molecule has 0 spiro atoms. The van der Waals surface area contributed by atoms with E-state index < -0.39 is 10.0 Å². The maximum Gasteiger partial charge on any atom is 0.249 e. The molecule has 0 amide bonds. The molecular weight excluding hydrogens is 312 g/mol. The van der Waals surface area contributed by atoms with Crippen molar-refractivity contribution in [3.05, 3.63) is 17.5 Å². The monoisotopic (exact) mass is 330 g/mol. The Morgan fingerprint density at radius 3 is 2.67 bits per heavy atom. The zero-order valence-electron chi connectivity index (χ0n) is 12.3. The second-order valence-corrected chi connectivity index (χ2v) is 7.61. The molecule has 0 saturated heterocycles. The summed E-state index contributed by atoms with van der Waals surface area (Å²) in [4.78, 5) is 0.0269. The molecular formula is C11H18N6O2S2. The van der Waals surface area contributed by atoms with Gasteiger partial charge < -0.3 is 11.1 Å². The van der Waals surface area contributed by atoms with Gasteiger partial charge in [-0.25, -0.2) is 12.7 Å². The van der Waals surface area contributed by atoms with Gasteiger partial charge in [0.05, 0.1) is 6.20 Å². The lowest BCUT2D eigenvalue weighted by molar-refractivity contribution is 0.521. The zero-order chi connectivity index (χ0) is 15.8. The van der Waals surface area contributed by atoms with Crippen LogP contribution >= 0.6 is 11.5 Å². The molecule has 0 aliphatic rings. The predicted molar refractivity (Wildman–Crippen MR) is 82.7 cm³/mol. The van der Waals surface area contributed by atoms with Crippen molar-refractivity contribution < 1.29 is 8.42 Å². The van der Waals surface area contributed by atoms with Crippen molar-refractivity contribution in [3.8, 4) is 0 Å². The number of aryl methyl sites for hydroxylation is 1. The van der Waals surface area contributed by atoms with Gasteiger partial charge in [-0.1, -0.05) is 0 Å². The third kappa shape index (κ3) is 2.87. The fourth-order valence-corrected chi connectivity index (χ4v) is 3.80. The molecule has 2 aromatic heterocycles. The van der Waals surface area contributed by atoms with Crippen LogP contribution in [-0.4, -0.2) is 41.0 Å². The minimum absolute atomic E-state index is 0.0131. The van der Waals surface area contributed by atoms with Crippen molar-refractivity contribution in [1.29, 1.82) is 0 Å². The number of sulfonamides is 1. The van der Waals surface area contributed by atoms with Crippen molar-refractivity contribution >= 4 is 32.4 Å². The normalized spacial score (nSPS) is 12.0. The van der Waals surface area contributed by atoms with Crippen LogP contribution in [0.1, 0.15) is 11.3 Å². The van der Waals surface area contributed by atoms with Crippen LogP contribution in [0.5, 0.6) is 0 Å². The van der Waals surface area contributed by atoms with E-state index >= 15 is 0 Å². The third-order valence-corrected chi connectivity index (χ3v) is 6.03. The third-order valence-electron chi connectivity index (χ3n) is 3.19. The van der Waals surface area contributed by atoms with Gasteiger partial charge in [0.25, 0.3) is 0 Å². The zero-order valence-corrected chi connectivity index (χ0v) is 13.9. The molecule has 0 aliphatic heterocycles. The Labute approximate surface area is 127 Å². The van der Waals surface area contributed by atoms with Crippen LogP contribution in [0.15, 0.2) is 11.1 Å². The van der Waals surface area contributed by atoms with E-state index in [9.17, 15) is 8.42 Å². The summed E-state index contributed by atoms with van der Waals surface area (Å²) >= 11 is 1.03. The maximum atomic E-state index is 12.3. The highest BCUT2D eigenvalue weighted by Gasteiger charge is 2.27. The fourth-order valence-electron chi connectivity index (χ4n) is 1.73. The summed E-state index contributed by atoms with van der Waals surface area (Å²) in [5.41, 5.74) is 7.70. The van der Waals surface area contributed by atoms with Crippen molar-refractivity contribution in [2.75, 3.05) is 25.1 Å². The first kappa shape index (κ1) is 15.7. The SMILES string of the molecule is Cc1c(CNc2snc(N)c2S(=O)(=O)N(C)C)cnn1C. The molecule has 0 aliphatic carbocycles. The lowest BCUT2D eigenvalue weighted by Crippen LogP contribution is -2.23. The highest BCUT2D eigenvalue weighted by Crippen LogP contribution is 2.33. The predicted octanol–water partition coefficient (Wildman–Crippen LogP) is 0.630. The van der Waals surface area contributed by atoms with E-state index in [1.807, 2.05) is 14.0 Å². The van der Waals surface area contributed by atoms with E-state index in [1.165, 1.54) is 14.1 Å². The Balaban J connectivity index is 2.29. The molecule has 0 aromatic carbocycles. The van der Waals surface area contributed by atoms with Crippen LogP contribution in [0.3, 0.4) is 0 Å². The van der Waals surface area contributed by atoms with Crippen molar-refractivity contribution in [3.63, 3.8) is 0 Å². The quantitative estimate of drug-likeness (QED) is 0.833. The minimum atomic E-state index is -3.63. The van der Waals surface area contributed by atoms with Crippen LogP contribution in [0.4, 0.5) is 10.8 Å². The van der Waals surface area contributed by atoms with E-state index in [-0.39, 0.29) is 10.7 Å². The van der Waals surface area contributed by atoms with Gasteiger partial charge in [0.1, 0.15) is 5.00 Å². The topological polar surface area (TPSA) is 106 Å². The molecule has 0 radical (unpaired) electrons. The second kappa shape index (κ2) is 5.62. The smallest absolute Gasteiger partial charge is 0.249 e. The molecule has 2 rings (SSSR count). The Kier molecular flexibility index (Phi) is 4.21. The Bertz CT molecular complexity index is 747. The van der Waals surface area contributed by atoms with E-state index in [0.717, 1.165) is 27.1 Å². The highest BCUT2D eigenvalue weighted by molar-refractivity contribution is 7.89. The largest absolute Gasteiger partial charge is 0.382 e. The number of nitrogens with zero attached hydrogens (tertiary/aromatic N) is 4. The molecule has 8 nitrogen and oxygen atoms in total. The van der Waals surface area contributed by atoms with E-state index in [0.29, 0.717) is 11.5 Å². The van der Waals surface area contributed by atoms with Gasteiger partial charge in [-0.15, -0.1) is 0 Å². The molecule has 0 saturated carbocycles. The summed E-state index contributed by atoms with van der Waals surface area (Å²) in [6.45, 7) is 2.40. The molecule has 0 bridgehead atoms. The molecule has 0 atom stereocenters. The molecule has 2 aromatic rings. The Morgan fingerprint density at radius 1 is 1.48 bits per heavy atom. The van der Waals surface area contributed by atoms with Crippen molar-refractivity contribution in [2.24, 2.45) is 7.05 Å². The molecule has 21 heavy (non-hydrogen) atoms. The number of aromatic nitrogens is 3. The summed E-state index contributed by atoms with van der Waals surface area (Å²) in [5.74, 6) is 0.0131. The lowest BCUT2D eigenvalue weighted by Gasteiger charge is -2.12. The van der Waals surface area contributed by atoms with Crippen molar-refractivity contribution in [1.82, 2.24) is 18.5 Å². The molecule has 0 unspecified atom stereocenters. The number of hydrogen-bond donors (Lipinski definition) is 2. The molecule has 2 heterocycles. The molecule has 10 heteroatoms. The van der Waals surface area contributed by atoms with Gasteiger partial charge in [0, 0.05) is 38.9 Å². The Hall–Kier alpha value is -1.65. The average molecular weight is 330 g/mol. The van der Waals surface area contributed by atoms with Crippen LogP contribution in [0, 0.1) is 6.92 Å². The average Bonchev–Trinajstić information content (AvgIpc) is 2.92. The second-order valence-electron chi connectivity index (χ2n) is 4.75. The van der Waals surface area contributed by atoms with Gasteiger partial charge in [-0.05, 0) is 18.5 Å². The summed E-state index contributed by atoms with van der Waals surface area (Å²) in [5, 5.41) is 7.66. The van der Waals surface area contributed by atoms with E-state index in [4.69, 9.17) is 5.73 Å². The first-order valence-corrected chi connectivity index (χ1v) is 8.35. The minimum Gasteiger partial charge on any atom is -0.382 e. The van der Waals surface area contributed by atoms with Crippen molar-refractivity contribution in [2.45, 2.75) is 18.4 Å². The van der Waals surface area contributed by atoms with Gasteiger partial charge >= 0.3 is 0 Å². The summed E-state index contributed by atoms with van der Waals surface area (Å²) in [7, 11) is 1.14. The number of rotatable bonds is 5. The summed E-state index contributed by atoms with van der Waals surface area (Å²) < 4.78 is 31.4. The van der Waals surface area contributed by atoms with Gasteiger partial charge in [0.15, 0.2) is 10.7 Å². The highest BCUT2D eigenvalue weighted by atomic mass is 32.2. The van der Waals surface area contributed by atoms with Gasteiger partial charge in [-0.2, -0.15) is 9.47 Å². The van der Waals surface area contributed by atoms with E-state index in [2.05, 4.69) is 14.8 Å². The number of anilines is 2. The van der Waals surface area contributed by atoms with E-state index in [1.54, 1.807) is 10.9 Å². The first-order chi connectivity index (χ1) is 9.75. The fraction of sp³-hybridized carbons (Fsp3) is 0.455. The van der Waals surface area contributed by atoms with Crippen LogP contribution in [0.2, 0.25) is 0 Å². The van der Waals surface area contributed by atoms with Crippen LogP contribution < -0.4 is 11.1 Å². The molecule has 116 valence electrons. The number of nitrogens with one attached hydrogen (secondary N) is 1. The maximum absolute atomic E-state index is 12.3. The first-order valence-electron chi connectivity index (χ1n) is 6.14. The lowest BCUT2D eigenvalue weighted by atomic mass is 10.2. The molecule has 0 fully saturated rings. The van der Waals surface area contributed by atoms with Crippen LogP contribution in [0.25, 0.3) is 0 Å². The summed E-state index contributed by atoms with van der Waals surface area (Å²) in [6.07, 6.45) is 1.74. The molecule has 3 N–H and O–H groups in total. The van der Waals surface area contributed by atoms with Gasteiger partial charge in [0.2, 0.25) is 10.0 Å².